The Hall–Kier alpha value is -1.75. The SMILES string of the molecule is Cc1csc(N/N=C/c2cccc(F)c2)n1. The Balaban J connectivity index is 2.00. The normalized spacial score (nSPS) is 10.9. The van der Waals surface area contributed by atoms with Crippen molar-refractivity contribution in [3.05, 3.63) is 46.7 Å². The summed E-state index contributed by atoms with van der Waals surface area (Å²) in [5.74, 6) is -0.269. The monoisotopic (exact) mass is 235 g/mol. The van der Waals surface area contributed by atoms with Gasteiger partial charge in [0, 0.05) is 5.38 Å². The first-order valence-electron chi connectivity index (χ1n) is 4.71. The second kappa shape index (κ2) is 4.85. The smallest absolute Gasteiger partial charge is 0.203 e. The summed E-state index contributed by atoms with van der Waals surface area (Å²) in [6, 6.07) is 6.23. The largest absolute Gasteiger partial charge is 0.253 e. The van der Waals surface area contributed by atoms with Gasteiger partial charge in [-0.2, -0.15) is 5.10 Å². The number of rotatable bonds is 3. The van der Waals surface area contributed by atoms with Crippen molar-refractivity contribution in [1.29, 1.82) is 0 Å². The summed E-state index contributed by atoms with van der Waals surface area (Å²) < 4.78 is 12.8. The lowest BCUT2D eigenvalue weighted by molar-refractivity contribution is 0.627. The van der Waals surface area contributed by atoms with Gasteiger partial charge in [0.15, 0.2) is 0 Å². The number of nitrogens with zero attached hydrogens (tertiary/aromatic N) is 2. The van der Waals surface area contributed by atoms with Crippen molar-refractivity contribution in [2.75, 3.05) is 5.43 Å². The molecule has 1 heterocycles. The number of thiazole rings is 1. The molecule has 0 aliphatic heterocycles. The summed E-state index contributed by atoms with van der Waals surface area (Å²) in [5, 5.41) is 6.63. The molecule has 1 aromatic heterocycles. The quantitative estimate of drug-likeness (QED) is 0.656. The Morgan fingerprint density at radius 3 is 3.06 bits per heavy atom. The average molecular weight is 235 g/mol. The molecule has 0 aliphatic rings. The molecular weight excluding hydrogens is 225 g/mol. The van der Waals surface area contributed by atoms with Gasteiger partial charge in [-0.05, 0) is 24.6 Å². The van der Waals surface area contributed by atoms with Gasteiger partial charge in [-0.1, -0.05) is 12.1 Å². The van der Waals surface area contributed by atoms with Crippen LogP contribution in [0.25, 0.3) is 0 Å². The molecular formula is C11H10FN3S. The molecule has 0 saturated carbocycles. The van der Waals surface area contributed by atoms with Crippen molar-refractivity contribution in [3.63, 3.8) is 0 Å². The highest BCUT2D eigenvalue weighted by Crippen LogP contribution is 2.13. The van der Waals surface area contributed by atoms with E-state index in [9.17, 15) is 4.39 Å². The highest BCUT2D eigenvalue weighted by molar-refractivity contribution is 7.13. The standard InChI is InChI=1S/C11H10FN3S/c1-8-7-16-11(14-8)15-13-6-9-3-2-4-10(12)5-9/h2-7H,1H3,(H,14,15)/b13-6+. The fourth-order valence-electron chi connectivity index (χ4n) is 1.15. The fraction of sp³-hybridized carbons (Fsp3) is 0.0909. The molecule has 0 aliphatic carbocycles. The van der Waals surface area contributed by atoms with Gasteiger partial charge >= 0.3 is 0 Å². The van der Waals surface area contributed by atoms with E-state index in [1.54, 1.807) is 18.3 Å². The van der Waals surface area contributed by atoms with E-state index < -0.39 is 0 Å². The Bertz CT molecular complexity index is 507. The van der Waals surface area contributed by atoms with Crippen LogP contribution >= 0.6 is 11.3 Å². The van der Waals surface area contributed by atoms with Crippen LogP contribution in [-0.4, -0.2) is 11.2 Å². The fourth-order valence-corrected chi connectivity index (χ4v) is 1.79. The molecule has 0 amide bonds. The van der Waals surface area contributed by atoms with Gasteiger partial charge in [0.25, 0.3) is 0 Å². The van der Waals surface area contributed by atoms with Crippen LogP contribution in [0.1, 0.15) is 11.3 Å². The number of aryl methyl sites for hydroxylation is 1. The van der Waals surface area contributed by atoms with Crippen molar-refractivity contribution in [3.8, 4) is 0 Å². The molecule has 1 aromatic carbocycles. The highest BCUT2D eigenvalue weighted by atomic mass is 32.1. The summed E-state index contributed by atoms with van der Waals surface area (Å²) in [6.45, 7) is 1.91. The van der Waals surface area contributed by atoms with Crippen LogP contribution in [0, 0.1) is 12.7 Å². The number of hydrazone groups is 1. The van der Waals surface area contributed by atoms with Crippen molar-refractivity contribution >= 4 is 22.7 Å². The Kier molecular flexibility index (Phi) is 3.26. The van der Waals surface area contributed by atoms with E-state index in [-0.39, 0.29) is 5.82 Å². The van der Waals surface area contributed by atoms with Crippen molar-refractivity contribution in [2.24, 2.45) is 5.10 Å². The summed E-state index contributed by atoms with van der Waals surface area (Å²) in [4.78, 5) is 4.18. The lowest BCUT2D eigenvalue weighted by atomic mass is 10.2. The molecule has 0 atom stereocenters. The minimum absolute atomic E-state index is 0.269. The van der Waals surface area contributed by atoms with Crippen LogP contribution in [0.2, 0.25) is 0 Å². The van der Waals surface area contributed by atoms with Gasteiger partial charge in [0.2, 0.25) is 5.13 Å². The maximum atomic E-state index is 12.8. The second-order valence-electron chi connectivity index (χ2n) is 3.22. The van der Waals surface area contributed by atoms with Crippen LogP contribution in [0.15, 0.2) is 34.7 Å². The summed E-state index contributed by atoms with van der Waals surface area (Å²) in [5.41, 5.74) is 4.45. The number of benzene rings is 1. The third-order valence-electron chi connectivity index (χ3n) is 1.84. The van der Waals surface area contributed by atoms with E-state index >= 15 is 0 Å². The summed E-state index contributed by atoms with van der Waals surface area (Å²) in [6.07, 6.45) is 1.56. The molecule has 0 fully saturated rings. The average Bonchev–Trinajstić information content (AvgIpc) is 2.64. The van der Waals surface area contributed by atoms with Gasteiger partial charge in [0.05, 0.1) is 11.9 Å². The van der Waals surface area contributed by atoms with Crippen molar-refractivity contribution in [1.82, 2.24) is 4.98 Å². The predicted octanol–water partition coefficient (Wildman–Crippen LogP) is 3.04. The molecule has 5 heteroatoms. The molecule has 3 nitrogen and oxygen atoms in total. The minimum atomic E-state index is -0.269. The van der Waals surface area contributed by atoms with Gasteiger partial charge in [-0.3, -0.25) is 5.43 Å². The minimum Gasteiger partial charge on any atom is -0.253 e. The maximum Gasteiger partial charge on any atom is 0.203 e. The number of nitrogens with one attached hydrogen (secondary N) is 1. The van der Waals surface area contributed by atoms with E-state index in [0.29, 0.717) is 5.56 Å². The predicted molar refractivity (Wildman–Crippen MR) is 64.5 cm³/mol. The topological polar surface area (TPSA) is 37.3 Å². The maximum absolute atomic E-state index is 12.8. The van der Waals surface area contributed by atoms with Gasteiger partial charge in [0.1, 0.15) is 5.82 Å². The van der Waals surface area contributed by atoms with Gasteiger partial charge < -0.3 is 0 Å². The molecule has 2 aromatic rings. The number of aromatic nitrogens is 1. The molecule has 82 valence electrons. The molecule has 0 bridgehead atoms. The van der Waals surface area contributed by atoms with Crippen LogP contribution in [0.4, 0.5) is 9.52 Å². The zero-order valence-corrected chi connectivity index (χ0v) is 9.46. The van der Waals surface area contributed by atoms with Gasteiger partial charge in [-0.15, -0.1) is 11.3 Å². The first-order valence-corrected chi connectivity index (χ1v) is 5.59. The second-order valence-corrected chi connectivity index (χ2v) is 4.08. The lowest BCUT2D eigenvalue weighted by Crippen LogP contribution is -1.90. The lowest BCUT2D eigenvalue weighted by Gasteiger charge is -1.94. The van der Waals surface area contributed by atoms with Crippen molar-refractivity contribution < 1.29 is 4.39 Å². The third-order valence-corrected chi connectivity index (χ3v) is 2.71. The number of hydrogen-bond donors (Lipinski definition) is 1. The Morgan fingerprint density at radius 1 is 1.50 bits per heavy atom. The molecule has 2 rings (SSSR count). The zero-order chi connectivity index (χ0) is 11.4. The molecule has 0 spiro atoms. The van der Waals surface area contributed by atoms with Crippen LogP contribution in [-0.2, 0) is 0 Å². The van der Waals surface area contributed by atoms with E-state index in [1.807, 2.05) is 12.3 Å². The van der Waals surface area contributed by atoms with Crippen LogP contribution < -0.4 is 5.43 Å². The van der Waals surface area contributed by atoms with Crippen molar-refractivity contribution in [2.45, 2.75) is 6.92 Å². The van der Waals surface area contributed by atoms with E-state index in [2.05, 4.69) is 15.5 Å². The number of hydrogen-bond acceptors (Lipinski definition) is 4. The molecule has 0 saturated heterocycles. The van der Waals surface area contributed by atoms with Crippen LogP contribution in [0.5, 0.6) is 0 Å². The molecule has 0 unspecified atom stereocenters. The third kappa shape index (κ3) is 2.87. The van der Waals surface area contributed by atoms with Gasteiger partial charge in [-0.25, -0.2) is 9.37 Å². The first-order chi connectivity index (χ1) is 7.74. The Labute approximate surface area is 96.7 Å². The highest BCUT2D eigenvalue weighted by Gasteiger charge is 1.95. The number of anilines is 1. The van der Waals surface area contributed by atoms with E-state index in [1.165, 1.54) is 23.5 Å². The Morgan fingerprint density at radius 2 is 2.38 bits per heavy atom. The first kappa shape index (κ1) is 10.8. The summed E-state index contributed by atoms with van der Waals surface area (Å²) in [7, 11) is 0. The molecule has 1 N–H and O–H groups in total. The van der Waals surface area contributed by atoms with E-state index in [4.69, 9.17) is 0 Å². The zero-order valence-electron chi connectivity index (χ0n) is 8.64. The van der Waals surface area contributed by atoms with Crippen LogP contribution in [0.3, 0.4) is 0 Å². The summed E-state index contributed by atoms with van der Waals surface area (Å²) >= 11 is 1.48. The molecule has 0 radical (unpaired) electrons. The van der Waals surface area contributed by atoms with E-state index in [0.717, 1.165) is 10.8 Å². The molecule has 16 heavy (non-hydrogen) atoms. The number of halogens is 1.